The normalized spacial score (nSPS) is 16.6. The first-order valence-corrected chi connectivity index (χ1v) is 15.1. The Morgan fingerprint density at radius 3 is 2.64 bits per heavy atom. The van der Waals surface area contributed by atoms with E-state index < -0.39 is 5.91 Å². The van der Waals surface area contributed by atoms with Crippen molar-refractivity contribution in [2.24, 2.45) is 0 Å². The Bertz CT molecular complexity index is 1880. The fraction of sp³-hybridized carbons (Fsp3) is 0.394. The van der Waals surface area contributed by atoms with E-state index in [4.69, 9.17) is 14.2 Å². The summed E-state index contributed by atoms with van der Waals surface area (Å²) in [5.74, 6) is 0.775. The van der Waals surface area contributed by atoms with Gasteiger partial charge >= 0.3 is 11.8 Å². The van der Waals surface area contributed by atoms with Gasteiger partial charge in [-0.2, -0.15) is 4.98 Å². The number of carbonyl (C=O) groups is 1. The lowest BCUT2D eigenvalue weighted by atomic mass is 9.75. The van der Waals surface area contributed by atoms with Gasteiger partial charge in [-0.05, 0) is 69.1 Å². The number of aromatic nitrogens is 6. The number of rotatable bonds is 5. The summed E-state index contributed by atoms with van der Waals surface area (Å²) in [5.41, 5.74) is 7.14. The zero-order valence-corrected chi connectivity index (χ0v) is 25.6. The lowest BCUT2D eigenvalue weighted by molar-refractivity contribution is 0.0895. The van der Waals surface area contributed by atoms with Gasteiger partial charge in [0.25, 0.3) is 0 Å². The zero-order valence-electron chi connectivity index (χ0n) is 25.6. The Labute approximate surface area is 255 Å². The number of benzene rings is 1. The molecule has 11 heteroatoms. The molecule has 1 aromatic carbocycles. The van der Waals surface area contributed by atoms with Crippen molar-refractivity contribution in [3.63, 3.8) is 0 Å². The van der Waals surface area contributed by atoms with E-state index in [9.17, 15) is 4.79 Å². The minimum absolute atomic E-state index is 0.0436. The third kappa shape index (κ3) is 4.90. The van der Waals surface area contributed by atoms with Gasteiger partial charge in [-0.15, -0.1) is 0 Å². The molecule has 7 rings (SSSR count). The van der Waals surface area contributed by atoms with Crippen LogP contribution in [-0.2, 0) is 10.8 Å². The van der Waals surface area contributed by atoms with Gasteiger partial charge in [-0.25, -0.2) is 15.0 Å². The largest absolute Gasteiger partial charge is 0.476 e. The number of fused-ring (bicyclic) bond motifs is 3. The molecule has 1 fully saturated rings. The zero-order chi connectivity index (χ0) is 30.6. The maximum absolute atomic E-state index is 12.8. The van der Waals surface area contributed by atoms with E-state index in [1.54, 1.807) is 6.33 Å². The fourth-order valence-electron chi connectivity index (χ4n) is 6.28. The van der Waals surface area contributed by atoms with Gasteiger partial charge < -0.3 is 24.9 Å². The van der Waals surface area contributed by atoms with Gasteiger partial charge in [0.1, 0.15) is 12.0 Å². The van der Waals surface area contributed by atoms with Gasteiger partial charge in [-0.1, -0.05) is 44.1 Å². The third-order valence-electron chi connectivity index (χ3n) is 8.83. The summed E-state index contributed by atoms with van der Waals surface area (Å²) in [6.45, 7) is 12.6. The number of H-pyrrole nitrogens is 1. The van der Waals surface area contributed by atoms with Crippen molar-refractivity contribution < 1.29 is 14.1 Å². The highest BCUT2D eigenvalue weighted by Gasteiger charge is 2.42. The highest BCUT2D eigenvalue weighted by Crippen LogP contribution is 2.44. The minimum Gasteiger partial charge on any atom is -0.476 e. The van der Waals surface area contributed by atoms with E-state index in [0.717, 1.165) is 76.6 Å². The molecule has 2 aliphatic rings. The minimum atomic E-state index is -0.405. The molecule has 6 heterocycles. The number of piperidine rings is 1. The molecule has 0 saturated carbocycles. The highest BCUT2D eigenvalue weighted by molar-refractivity contribution is 5.94. The average Bonchev–Trinajstić information content (AvgIpc) is 3.75. The van der Waals surface area contributed by atoms with Crippen LogP contribution in [0.25, 0.3) is 33.7 Å². The number of carbonyl (C=O) groups excluding carboxylic acids is 1. The molecule has 226 valence electrons. The number of aryl methyl sites for hydroxylation is 1. The summed E-state index contributed by atoms with van der Waals surface area (Å²) in [6.07, 6.45) is 3.69. The van der Waals surface area contributed by atoms with E-state index in [1.165, 1.54) is 5.56 Å². The van der Waals surface area contributed by atoms with Crippen LogP contribution in [0.4, 0.5) is 0 Å². The maximum Gasteiger partial charge on any atom is 0.315 e. The van der Waals surface area contributed by atoms with E-state index in [1.807, 2.05) is 46.8 Å². The molecule has 11 nitrogen and oxygen atoms in total. The molecular formula is C33H36N8O3. The molecule has 1 amide bonds. The van der Waals surface area contributed by atoms with E-state index >= 15 is 0 Å². The van der Waals surface area contributed by atoms with Crippen molar-refractivity contribution in [3.05, 3.63) is 71.1 Å². The van der Waals surface area contributed by atoms with Crippen molar-refractivity contribution >= 4 is 16.9 Å². The van der Waals surface area contributed by atoms with Crippen LogP contribution in [0, 0.1) is 6.92 Å². The molecule has 0 radical (unpaired) electrons. The van der Waals surface area contributed by atoms with Gasteiger partial charge in [0.2, 0.25) is 5.88 Å². The van der Waals surface area contributed by atoms with Crippen LogP contribution < -0.4 is 15.4 Å². The number of hydrogen-bond acceptors (Lipinski definition) is 9. The monoisotopic (exact) mass is 592 g/mol. The predicted octanol–water partition coefficient (Wildman–Crippen LogP) is 5.18. The number of amides is 1. The van der Waals surface area contributed by atoms with Crippen LogP contribution in [0.1, 0.15) is 79.8 Å². The number of aromatic amines is 1. The molecule has 0 bridgehead atoms. The average molecular weight is 593 g/mol. The Kier molecular flexibility index (Phi) is 6.73. The molecule has 3 N–H and O–H groups in total. The first-order chi connectivity index (χ1) is 21.1. The quantitative estimate of drug-likeness (QED) is 0.251. The summed E-state index contributed by atoms with van der Waals surface area (Å²) in [4.78, 5) is 34.6. The Morgan fingerprint density at radius 1 is 1.07 bits per heavy atom. The fourth-order valence-corrected chi connectivity index (χ4v) is 6.28. The molecule has 5 aromatic rings. The standard InChI is InChI=1S/C33H36N8O3/c1-18-14-20(6-7-21(18)19(2)37-28(42)30-40-31(41-44-30)32(3,4)5)26-22-15-25(38-27(22)36-17-35-26)24-9-8-23-29(39-24)43-16-33(23)10-12-34-13-11-33/h6-9,14-15,17,19,34H,10-13,16H2,1-5H3,(H,37,42)(H,35,36,38)/t19-/m1/s1. The number of pyridine rings is 1. The molecule has 1 spiro atoms. The molecule has 1 atom stereocenters. The van der Waals surface area contributed by atoms with Crippen LogP contribution in [0.3, 0.4) is 0 Å². The van der Waals surface area contributed by atoms with E-state index in [0.29, 0.717) is 12.4 Å². The number of nitrogens with zero attached hydrogens (tertiary/aromatic N) is 5. The first kappa shape index (κ1) is 28.1. The number of hydrogen-bond donors (Lipinski definition) is 3. The van der Waals surface area contributed by atoms with Crippen LogP contribution in [-0.4, -0.2) is 55.7 Å². The van der Waals surface area contributed by atoms with Gasteiger partial charge in [0.05, 0.1) is 29.7 Å². The molecule has 0 unspecified atom stereocenters. The number of ether oxygens (including phenoxy) is 1. The summed E-state index contributed by atoms with van der Waals surface area (Å²) in [5, 5.41) is 11.3. The SMILES string of the molecule is Cc1cc(-c2ncnc3[nH]c(-c4ccc5c(n4)OCC54CCNCC4)cc23)ccc1[C@@H](C)NC(=O)c1nc(C(C)(C)C)no1. The topological polar surface area (TPSA) is 144 Å². The van der Waals surface area contributed by atoms with Crippen molar-refractivity contribution in [3.8, 4) is 28.5 Å². The molecule has 1 saturated heterocycles. The molecular weight excluding hydrogens is 556 g/mol. The second-order valence-corrected chi connectivity index (χ2v) is 13.0. The van der Waals surface area contributed by atoms with Crippen LogP contribution in [0.2, 0.25) is 0 Å². The van der Waals surface area contributed by atoms with E-state index in [2.05, 4.69) is 60.0 Å². The molecule has 4 aromatic heterocycles. The Morgan fingerprint density at radius 2 is 1.89 bits per heavy atom. The lowest BCUT2D eigenvalue weighted by Crippen LogP contribution is -2.40. The second kappa shape index (κ2) is 10.5. The van der Waals surface area contributed by atoms with Crippen LogP contribution in [0.5, 0.6) is 5.88 Å². The third-order valence-corrected chi connectivity index (χ3v) is 8.83. The van der Waals surface area contributed by atoms with Crippen molar-refractivity contribution in [2.75, 3.05) is 19.7 Å². The van der Waals surface area contributed by atoms with Gasteiger partial charge in [0.15, 0.2) is 5.82 Å². The van der Waals surface area contributed by atoms with Gasteiger partial charge in [0, 0.05) is 27.3 Å². The van der Waals surface area contributed by atoms with E-state index in [-0.39, 0.29) is 22.8 Å². The first-order valence-electron chi connectivity index (χ1n) is 15.1. The van der Waals surface area contributed by atoms with Crippen LogP contribution >= 0.6 is 0 Å². The maximum atomic E-state index is 12.8. The lowest BCUT2D eigenvalue weighted by Gasteiger charge is -2.32. The molecule has 2 aliphatic heterocycles. The molecule has 0 aliphatic carbocycles. The van der Waals surface area contributed by atoms with Crippen molar-refractivity contribution in [2.45, 2.75) is 64.3 Å². The summed E-state index contributed by atoms with van der Waals surface area (Å²) < 4.78 is 11.3. The van der Waals surface area contributed by atoms with Crippen molar-refractivity contribution in [1.82, 2.24) is 40.7 Å². The molecule has 44 heavy (non-hydrogen) atoms. The van der Waals surface area contributed by atoms with Crippen LogP contribution in [0.15, 0.2) is 47.2 Å². The summed E-state index contributed by atoms with van der Waals surface area (Å²) in [6, 6.07) is 12.1. The predicted molar refractivity (Wildman–Crippen MR) is 165 cm³/mol. The van der Waals surface area contributed by atoms with Gasteiger partial charge in [-0.3, -0.25) is 4.79 Å². The summed E-state index contributed by atoms with van der Waals surface area (Å²) >= 11 is 0. The highest BCUT2D eigenvalue weighted by atomic mass is 16.5. The number of nitrogens with one attached hydrogen (secondary N) is 3. The second-order valence-electron chi connectivity index (χ2n) is 13.0. The van der Waals surface area contributed by atoms with Crippen molar-refractivity contribution in [1.29, 1.82) is 0 Å². The summed E-state index contributed by atoms with van der Waals surface area (Å²) in [7, 11) is 0. The smallest absolute Gasteiger partial charge is 0.315 e. The Hall–Kier alpha value is -4.64. The Balaban J connectivity index is 1.13.